The zero-order valence-corrected chi connectivity index (χ0v) is 19.4. The fourth-order valence-corrected chi connectivity index (χ4v) is 3.79. The first-order valence-corrected chi connectivity index (χ1v) is 11.2. The van der Waals surface area contributed by atoms with Gasteiger partial charge in [-0.15, -0.1) is 0 Å². The normalized spacial score (nSPS) is 11.0. The molecule has 4 aromatic rings. The summed E-state index contributed by atoms with van der Waals surface area (Å²) >= 11 is 6.07. The van der Waals surface area contributed by atoms with Crippen LogP contribution >= 0.6 is 11.6 Å². The van der Waals surface area contributed by atoms with E-state index in [-0.39, 0.29) is 0 Å². The molecule has 2 heterocycles. The van der Waals surface area contributed by atoms with Crippen LogP contribution in [0, 0.1) is 6.92 Å². The molecule has 0 spiro atoms. The Morgan fingerprint density at radius 1 is 1.03 bits per heavy atom. The van der Waals surface area contributed by atoms with E-state index in [0.29, 0.717) is 6.42 Å². The number of methoxy groups -OCH3 is 1. The third-order valence-corrected chi connectivity index (χ3v) is 5.60. The number of imidazole rings is 1. The number of rotatable bonds is 8. The van der Waals surface area contributed by atoms with Crippen LogP contribution in [-0.4, -0.2) is 26.6 Å². The van der Waals surface area contributed by atoms with E-state index in [0.717, 1.165) is 69.8 Å². The van der Waals surface area contributed by atoms with Gasteiger partial charge in [0.15, 0.2) is 0 Å². The van der Waals surface area contributed by atoms with Gasteiger partial charge in [0, 0.05) is 28.9 Å². The molecule has 0 bridgehead atoms. The molecule has 2 aromatic heterocycles. The number of benzene rings is 2. The van der Waals surface area contributed by atoms with Gasteiger partial charge in [0.25, 0.3) is 0 Å². The summed E-state index contributed by atoms with van der Waals surface area (Å²) in [7, 11) is 1.69. The molecule has 5 nitrogen and oxygen atoms in total. The highest BCUT2D eigenvalue weighted by atomic mass is 35.5. The molecule has 0 amide bonds. The van der Waals surface area contributed by atoms with Crippen molar-refractivity contribution in [2.75, 3.05) is 7.11 Å². The summed E-state index contributed by atoms with van der Waals surface area (Å²) < 4.78 is 7.64. The second-order valence-electron chi connectivity index (χ2n) is 7.88. The van der Waals surface area contributed by atoms with Gasteiger partial charge in [-0.2, -0.15) is 0 Å². The predicted molar refractivity (Wildman–Crippen MR) is 129 cm³/mol. The second kappa shape index (κ2) is 9.96. The van der Waals surface area contributed by atoms with Crippen molar-refractivity contribution in [1.29, 1.82) is 0 Å². The Kier molecular flexibility index (Phi) is 6.86. The third kappa shape index (κ3) is 5.17. The average molecular weight is 447 g/mol. The maximum absolute atomic E-state index is 6.07. The third-order valence-electron chi connectivity index (χ3n) is 5.35. The van der Waals surface area contributed by atoms with Gasteiger partial charge in [0.05, 0.1) is 30.5 Å². The van der Waals surface area contributed by atoms with Crippen molar-refractivity contribution >= 4 is 11.6 Å². The zero-order chi connectivity index (χ0) is 22.5. The van der Waals surface area contributed by atoms with E-state index in [1.54, 1.807) is 13.4 Å². The van der Waals surface area contributed by atoms with Gasteiger partial charge < -0.3 is 9.30 Å². The van der Waals surface area contributed by atoms with E-state index in [1.807, 2.05) is 42.0 Å². The molecule has 6 heteroatoms. The summed E-state index contributed by atoms with van der Waals surface area (Å²) in [5, 5.41) is 0.717. The Morgan fingerprint density at radius 2 is 1.84 bits per heavy atom. The molecule has 0 unspecified atom stereocenters. The molecular formula is C26H27ClN4O. The lowest BCUT2D eigenvalue weighted by Gasteiger charge is -2.12. The molecule has 0 fully saturated rings. The summed E-state index contributed by atoms with van der Waals surface area (Å²) in [6, 6.07) is 16.1. The quantitative estimate of drug-likeness (QED) is 0.321. The van der Waals surface area contributed by atoms with Crippen molar-refractivity contribution in [3.05, 3.63) is 88.9 Å². The average Bonchev–Trinajstić information content (AvgIpc) is 3.24. The SMILES string of the molecule is CCCCc1cc(-c2ccc(Cl)cc2)nc(Cc2ccc(-n3cnc(C)c3)c(OC)c2)n1. The number of aryl methyl sites for hydroxylation is 2. The van der Waals surface area contributed by atoms with Crippen LogP contribution in [0.25, 0.3) is 16.9 Å². The van der Waals surface area contributed by atoms with Crippen LogP contribution in [0.2, 0.25) is 5.02 Å². The highest BCUT2D eigenvalue weighted by Crippen LogP contribution is 2.26. The Labute approximate surface area is 194 Å². The molecule has 0 aliphatic rings. The van der Waals surface area contributed by atoms with Crippen LogP contribution in [0.15, 0.2) is 61.1 Å². The summed E-state index contributed by atoms with van der Waals surface area (Å²) in [4.78, 5) is 14.0. The van der Waals surface area contributed by atoms with E-state index in [9.17, 15) is 0 Å². The van der Waals surface area contributed by atoms with Crippen molar-refractivity contribution < 1.29 is 4.74 Å². The minimum atomic E-state index is 0.625. The monoisotopic (exact) mass is 446 g/mol. The van der Waals surface area contributed by atoms with E-state index in [4.69, 9.17) is 26.3 Å². The molecule has 0 saturated carbocycles. The Morgan fingerprint density at radius 3 is 2.53 bits per heavy atom. The number of ether oxygens (including phenoxy) is 1. The Hall–Kier alpha value is -3.18. The number of aromatic nitrogens is 4. The minimum Gasteiger partial charge on any atom is -0.495 e. The highest BCUT2D eigenvalue weighted by Gasteiger charge is 2.11. The minimum absolute atomic E-state index is 0.625. The topological polar surface area (TPSA) is 52.8 Å². The van der Waals surface area contributed by atoms with Gasteiger partial charge in [0.2, 0.25) is 0 Å². The van der Waals surface area contributed by atoms with Gasteiger partial charge in [-0.3, -0.25) is 0 Å². The lowest BCUT2D eigenvalue weighted by Crippen LogP contribution is -2.04. The largest absolute Gasteiger partial charge is 0.495 e. The van der Waals surface area contributed by atoms with Crippen molar-refractivity contribution in [3.63, 3.8) is 0 Å². The first-order valence-electron chi connectivity index (χ1n) is 10.9. The van der Waals surface area contributed by atoms with E-state index in [1.165, 1.54) is 0 Å². The van der Waals surface area contributed by atoms with Crippen LogP contribution in [0.3, 0.4) is 0 Å². The molecule has 164 valence electrons. The maximum atomic E-state index is 6.07. The van der Waals surface area contributed by atoms with Gasteiger partial charge in [0.1, 0.15) is 11.6 Å². The lowest BCUT2D eigenvalue weighted by molar-refractivity contribution is 0.412. The van der Waals surface area contributed by atoms with Gasteiger partial charge in [-0.25, -0.2) is 15.0 Å². The van der Waals surface area contributed by atoms with Crippen LogP contribution in [0.5, 0.6) is 5.75 Å². The van der Waals surface area contributed by atoms with Gasteiger partial charge in [-0.1, -0.05) is 43.1 Å². The van der Waals surface area contributed by atoms with Crippen molar-refractivity contribution in [2.24, 2.45) is 0 Å². The molecule has 0 N–H and O–H groups in total. The lowest BCUT2D eigenvalue weighted by atomic mass is 10.1. The van der Waals surface area contributed by atoms with Crippen molar-refractivity contribution in [2.45, 2.75) is 39.5 Å². The molecule has 32 heavy (non-hydrogen) atoms. The number of nitrogens with zero attached hydrogens (tertiary/aromatic N) is 4. The number of hydrogen-bond donors (Lipinski definition) is 0. The molecule has 0 atom stereocenters. The maximum Gasteiger partial charge on any atom is 0.143 e. The molecule has 4 rings (SSSR count). The summed E-state index contributed by atoms with van der Waals surface area (Å²) in [6.45, 7) is 4.16. The van der Waals surface area contributed by atoms with Crippen LogP contribution in [0.4, 0.5) is 0 Å². The summed E-state index contributed by atoms with van der Waals surface area (Å²) in [5.41, 5.74) is 6.05. The number of unbranched alkanes of at least 4 members (excludes halogenated alkanes) is 1. The molecule has 0 aliphatic carbocycles. The van der Waals surface area contributed by atoms with E-state index in [2.05, 4.69) is 36.2 Å². The zero-order valence-electron chi connectivity index (χ0n) is 18.7. The van der Waals surface area contributed by atoms with Crippen LogP contribution in [0.1, 0.15) is 42.5 Å². The van der Waals surface area contributed by atoms with Crippen molar-refractivity contribution in [3.8, 4) is 22.7 Å². The molecular weight excluding hydrogens is 420 g/mol. The molecule has 0 aliphatic heterocycles. The number of halogens is 1. The first-order chi connectivity index (χ1) is 15.6. The molecule has 0 saturated heterocycles. The molecule has 0 radical (unpaired) electrons. The fourth-order valence-electron chi connectivity index (χ4n) is 3.67. The van der Waals surface area contributed by atoms with Gasteiger partial charge >= 0.3 is 0 Å². The fraction of sp³-hybridized carbons (Fsp3) is 0.269. The van der Waals surface area contributed by atoms with E-state index >= 15 is 0 Å². The second-order valence-corrected chi connectivity index (χ2v) is 8.31. The predicted octanol–water partition coefficient (Wildman–Crippen LogP) is 6.23. The van der Waals surface area contributed by atoms with Crippen LogP contribution in [-0.2, 0) is 12.8 Å². The van der Waals surface area contributed by atoms with Crippen molar-refractivity contribution in [1.82, 2.24) is 19.5 Å². The number of hydrogen-bond acceptors (Lipinski definition) is 4. The Balaban J connectivity index is 1.66. The Bertz CT molecular complexity index is 1200. The summed E-state index contributed by atoms with van der Waals surface area (Å²) in [6.07, 6.45) is 7.57. The van der Waals surface area contributed by atoms with E-state index < -0.39 is 0 Å². The van der Waals surface area contributed by atoms with Gasteiger partial charge in [-0.05, 0) is 55.7 Å². The smallest absolute Gasteiger partial charge is 0.143 e. The first kappa shape index (κ1) is 22.0. The standard InChI is InChI=1S/C26H27ClN4O/c1-4-5-6-22-15-23(20-8-10-21(27)11-9-20)30-26(29-22)14-19-7-12-24(25(13-19)32-3)31-16-18(2)28-17-31/h7-13,15-17H,4-6,14H2,1-3H3. The molecule has 2 aromatic carbocycles. The van der Waals surface area contributed by atoms with Crippen LogP contribution < -0.4 is 4.74 Å². The highest BCUT2D eigenvalue weighted by molar-refractivity contribution is 6.30. The summed E-state index contributed by atoms with van der Waals surface area (Å²) in [5.74, 6) is 1.59.